The van der Waals surface area contributed by atoms with E-state index in [4.69, 9.17) is 4.74 Å². The number of fused-ring (bicyclic) bond motifs is 3. The predicted octanol–water partition coefficient (Wildman–Crippen LogP) is 1.61. The second-order valence-electron chi connectivity index (χ2n) is 5.65. The summed E-state index contributed by atoms with van der Waals surface area (Å²) in [6.07, 6.45) is 0.0806. The Kier molecular flexibility index (Phi) is 2.47. The number of para-hydroxylation sites is 1. The molecule has 4 nitrogen and oxygen atoms in total. The van der Waals surface area contributed by atoms with Crippen molar-refractivity contribution in [1.29, 1.82) is 0 Å². The number of aromatic nitrogens is 1. The molecule has 0 bridgehead atoms. The number of pyridine rings is 1. The highest BCUT2D eigenvalue weighted by Crippen LogP contribution is 2.36. The lowest BCUT2D eigenvalue weighted by Crippen LogP contribution is -2.39. The Morgan fingerprint density at radius 1 is 1.37 bits per heavy atom. The summed E-state index contributed by atoms with van der Waals surface area (Å²) < 4.78 is 7.50. The molecular formula is C15H17NO3. The van der Waals surface area contributed by atoms with Gasteiger partial charge in [-0.05, 0) is 26.0 Å². The van der Waals surface area contributed by atoms with E-state index in [2.05, 4.69) is 0 Å². The minimum absolute atomic E-state index is 0.0413. The van der Waals surface area contributed by atoms with Crippen LogP contribution in [0.5, 0.6) is 5.75 Å². The summed E-state index contributed by atoms with van der Waals surface area (Å²) in [5.74, 6) is 0.630. The fourth-order valence-electron chi connectivity index (χ4n) is 2.61. The van der Waals surface area contributed by atoms with E-state index < -0.39 is 5.60 Å². The van der Waals surface area contributed by atoms with E-state index in [1.54, 1.807) is 25.5 Å². The fraction of sp³-hybridized carbons (Fsp3) is 0.400. The second-order valence-corrected chi connectivity index (χ2v) is 5.65. The third-order valence-corrected chi connectivity index (χ3v) is 3.78. The fourth-order valence-corrected chi connectivity index (χ4v) is 2.61. The van der Waals surface area contributed by atoms with Crippen molar-refractivity contribution < 1.29 is 9.84 Å². The van der Waals surface area contributed by atoms with Crippen LogP contribution in [0.1, 0.15) is 19.4 Å². The van der Waals surface area contributed by atoms with Gasteiger partial charge < -0.3 is 14.4 Å². The van der Waals surface area contributed by atoms with E-state index in [9.17, 15) is 9.90 Å². The molecule has 1 aliphatic heterocycles. The minimum atomic E-state index is -0.967. The lowest BCUT2D eigenvalue weighted by Gasteiger charge is -2.24. The van der Waals surface area contributed by atoms with Crippen molar-refractivity contribution in [2.24, 2.45) is 7.05 Å². The van der Waals surface area contributed by atoms with Crippen LogP contribution in [0, 0.1) is 0 Å². The Morgan fingerprint density at radius 2 is 2.05 bits per heavy atom. The van der Waals surface area contributed by atoms with Crippen LogP contribution in [-0.4, -0.2) is 21.4 Å². The predicted molar refractivity (Wildman–Crippen MR) is 73.6 cm³/mol. The molecule has 0 saturated carbocycles. The molecule has 0 unspecified atom stereocenters. The van der Waals surface area contributed by atoms with E-state index in [1.165, 1.54) is 0 Å². The van der Waals surface area contributed by atoms with E-state index in [0.29, 0.717) is 17.7 Å². The van der Waals surface area contributed by atoms with E-state index in [0.717, 1.165) is 10.9 Å². The Hall–Kier alpha value is -1.81. The first-order valence-electron chi connectivity index (χ1n) is 6.39. The lowest BCUT2D eigenvalue weighted by molar-refractivity contribution is -0.0224. The van der Waals surface area contributed by atoms with Gasteiger partial charge in [-0.25, -0.2) is 0 Å². The van der Waals surface area contributed by atoms with Gasteiger partial charge in [0.2, 0.25) is 0 Å². The van der Waals surface area contributed by atoms with Gasteiger partial charge in [0.1, 0.15) is 11.9 Å². The number of rotatable bonds is 1. The van der Waals surface area contributed by atoms with Crippen molar-refractivity contribution in [3.63, 3.8) is 0 Å². The van der Waals surface area contributed by atoms with Crippen molar-refractivity contribution in [3.8, 4) is 5.75 Å². The third kappa shape index (κ3) is 1.75. The molecule has 3 rings (SSSR count). The average molecular weight is 259 g/mol. The summed E-state index contributed by atoms with van der Waals surface area (Å²) in [7, 11) is 1.77. The molecule has 0 saturated heterocycles. The number of benzene rings is 1. The normalized spacial score (nSPS) is 18.4. The van der Waals surface area contributed by atoms with Gasteiger partial charge in [0.05, 0.1) is 16.7 Å². The molecule has 0 aliphatic carbocycles. The van der Waals surface area contributed by atoms with Crippen LogP contribution < -0.4 is 10.3 Å². The van der Waals surface area contributed by atoms with Gasteiger partial charge in [0.25, 0.3) is 5.56 Å². The molecule has 1 atom stereocenters. The maximum Gasteiger partial charge on any atom is 0.257 e. The lowest BCUT2D eigenvalue weighted by atomic mass is 9.97. The number of aliphatic hydroxyl groups is 1. The summed E-state index contributed by atoms with van der Waals surface area (Å²) >= 11 is 0. The summed E-state index contributed by atoms with van der Waals surface area (Å²) in [4.78, 5) is 12.3. The molecule has 0 spiro atoms. The van der Waals surface area contributed by atoms with E-state index in [-0.39, 0.29) is 11.7 Å². The topological polar surface area (TPSA) is 51.5 Å². The molecule has 1 N–H and O–H groups in total. The van der Waals surface area contributed by atoms with Gasteiger partial charge in [-0.2, -0.15) is 0 Å². The van der Waals surface area contributed by atoms with Crippen molar-refractivity contribution in [1.82, 2.24) is 4.57 Å². The van der Waals surface area contributed by atoms with Crippen LogP contribution in [0.15, 0.2) is 29.1 Å². The Bertz CT molecular complexity index is 710. The van der Waals surface area contributed by atoms with Crippen molar-refractivity contribution >= 4 is 10.9 Å². The number of hydrogen-bond donors (Lipinski definition) is 1. The van der Waals surface area contributed by atoms with Crippen LogP contribution in [0.25, 0.3) is 10.9 Å². The average Bonchev–Trinajstić information content (AvgIpc) is 2.81. The molecule has 100 valence electrons. The monoisotopic (exact) mass is 259 g/mol. The molecule has 1 aromatic heterocycles. The highest BCUT2D eigenvalue weighted by molar-refractivity contribution is 5.87. The van der Waals surface area contributed by atoms with Crippen LogP contribution in [0.4, 0.5) is 0 Å². The molecule has 19 heavy (non-hydrogen) atoms. The quantitative estimate of drug-likeness (QED) is 0.846. The van der Waals surface area contributed by atoms with Gasteiger partial charge in [0, 0.05) is 18.9 Å². The van der Waals surface area contributed by atoms with Gasteiger partial charge in [0.15, 0.2) is 0 Å². The maximum atomic E-state index is 12.3. The summed E-state index contributed by atoms with van der Waals surface area (Å²) in [5, 5.41) is 11.0. The molecule has 1 aliphatic rings. The molecule has 0 radical (unpaired) electrons. The Balaban J connectivity index is 2.28. The zero-order chi connectivity index (χ0) is 13.8. The van der Waals surface area contributed by atoms with Gasteiger partial charge >= 0.3 is 0 Å². The van der Waals surface area contributed by atoms with Gasteiger partial charge in [-0.15, -0.1) is 0 Å². The molecule has 1 aromatic carbocycles. The summed E-state index contributed by atoms with van der Waals surface area (Å²) in [5.41, 5.74) is 0.502. The highest BCUT2D eigenvalue weighted by Gasteiger charge is 2.37. The van der Waals surface area contributed by atoms with Crippen molar-refractivity contribution in [2.75, 3.05) is 0 Å². The van der Waals surface area contributed by atoms with Gasteiger partial charge in [-0.1, -0.05) is 12.1 Å². The standard InChI is InChI=1S/C15H17NO3/c1-15(2,18)12-8-10-13(19-12)9-6-4-5-7-11(9)16(3)14(10)17/h4-7,12,18H,8H2,1-3H3/t12-/m1/s1. The SMILES string of the molecule is Cn1c(=O)c2c(c3ccccc31)O[C@@H](C(C)(C)O)C2. The third-order valence-electron chi connectivity index (χ3n) is 3.78. The molecule has 2 aromatic rings. The number of ether oxygens (including phenoxy) is 1. The molecule has 0 amide bonds. The zero-order valence-corrected chi connectivity index (χ0v) is 11.3. The van der Waals surface area contributed by atoms with Crippen molar-refractivity contribution in [3.05, 3.63) is 40.2 Å². The molecule has 4 heteroatoms. The summed E-state index contributed by atoms with van der Waals surface area (Å²) in [6, 6.07) is 7.67. The molecular weight excluding hydrogens is 242 g/mol. The van der Waals surface area contributed by atoms with Crippen LogP contribution in [-0.2, 0) is 13.5 Å². The van der Waals surface area contributed by atoms with Crippen molar-refractivity contribution in [2.45, 2.75) is 32.0 Å². The number of hydrogen-bond acceptors (Lipinski definition) is 3. The number of nitrogens with zero attached hydrogens (tertiary/aromatic N) is 1. The first-order chi connectivity index (χ1) is 8.89. The second kappa shape index (κ2) is 3.84. The van der Waals surface area contributed by atoms with E-state index in [1.807, 2.05) is 24.3 Å². The Morgan fingerprint density at radius 3 is 2.74 bits per heavy atom. The number of aryl methyl sites for hydroxylation is 1. The molecule has 2 heterocycles. The van der Waals surface area contributed by atoms with E-state index >= 15 is 0 Å². The largest absolute Gasteiger partial charge is 0.486 e. The Labute approximate surface area is 111 Å². The summed E-state index contributed by atoms with van der Waals surface area (Å²) in [6.45, 7) is 3.41. The van der Waals surface area contributed by atoms with Crippen LogP contribution in [0.3, 0.4) is 0 Å². The maximum absolute atomic E-state index is 12.3. The van der Waals surface area contributed by atoms with Gasteiger partial charge in [-0.3, -0.25) is 4.79 Å². The zero-order valence-electron chi connectivity index (χ0n) is 11.3. The minimum Gasteiger partial charge on any atom is -0.486 e. The smallest absolute Gasteiger partial charge is 0.257 e. The van der Waals surface area contributed by atoms with Crippen LogP contribution >= 0.6 is 0 Å². The first-order valence-corrected chi connectivity index (χ1v) is 6.39. The molecule has 0 fully saturated rings. The highest BCUT2D eigenvalue weighted by atomic mass is 16.5. The van der Waals surface area contributed by atoms with Crippen LogP contribution in [0.2, 0.25) is 0 Å². The first kappa shape index (κ1) is 12.2.